The molecule has 4 nitrogen and oxygen atoms in total. The number of carboxylic acid groups (broad SMARTS) is 1. The summed E-state index contributed by atoms with van der Waals surface area (Å²) >= 11 is 0. The maximum absolute atomic E-state index is 10.7. The van der Waals surface area contributed by atoms with E-state index in [1.54, 1.807) is 6.07 Å². The minimum absolute atomic E-state index is 0.468. The largest absolute Gasteiger partial charge is 0.481 e. The third-order valence-electron chi connectivity index (χ3n) is 3.98. The first kappa shape index (κ1) is 13.1. The van der Waals surface area contributed by atoms with Crippen molar-refractivity contribution in [3.63, 3.8) is 0 Å². The van der Waals surface area contributed by atoms with E-state index in [4.69, 9.17) is 5.11 Å². The Kier molecular flexibility index (Phi) is 3.20. The number of hydrogen-bond donors (Lipinski definition) is 3. The Morgan fingerprint density at radius 1 is 1.10 bits per heavy atom. The molecule has 4 heteroatoms. The first-order valence-electron chi connectivity index (χ1n) is 6.69. The lowest BCUT2D eigenvalue weighted by Crippen LogP contribution is -2.22. The fourth-order valence-corrected chi connectivity index (χ4v) is 3.03. The first-order valence-corrected chi connectivity index (χ1v) is 6.69. The summed E-state index contributed by atoms with van der Waals surface area (Å²) in [5.41, 5.74) is 3.10. The number of carbonyl (C=O) groups is 1. The van der Waals surface area contributed by atoms with Crippen LogP contribution >= 0.6 is 0 Å². The molecule has 2 aromatic carbocycles. The van der Waals surface area contributed by atoms with E-state index in [2.05, 4.69) is 6.07 Å². The molecule has 104 valence electrons. The third-order valence-corrected chi connectivity index (χ3v) is 3.98. The number of benzene rings is 2. The van der Waals surface area contributed by atoms with Crippen LogP contribution in [0.15, 0.2) is 30.3 Å². The van der Waals surface area contributed by atoms with Gasteiger partial charge in [-0.25, -0.2) is 0 Å². The van der Waals surface area contributed by atoms with Crippen molar-refractivity contribution in [3.05, 3.63) is 47.0 Å². The molecule has 3 N–H and O–H groups in total. The zero-order valence-electron chi connectivity index (χ0n) is 10.9. The van der Waals surface area contributed by atoms with Gasteiger partial charge in [-0.2, -0.15) is 0 Å². The lowest BCUT2D eigenvalue weighted by Gasteiger charge is -2.19. The zero-order chi connectivity index (χ0) is 14.3. The van der Waals surface area contributed by atoms with Crippen LogP contribution in [0, 0.1) is 0 Å². The van der Waals surface area contributed by atoms with Crippen molar-refractivity contribution in [2.45, 2.75) is 31.5 Å². The lowest BCUT2D eigenvalue weighted by molar-refractivity contribution is -0.141. The minimum Gasteiger partial charge on any atom is -0.481 e. The molecule has 0 heterocycles. The van der Waals surface area contributed by atoms with Gasteiger partial charge in [0.25, 0.3) is 0 Å². The second-order valence-corrected chi connectivity index (χ2v) is 5.26. The molecule has 0 aliphatic heterocycles. The Morgan fingerprint density at radius 3 is 2.50 bits per heavy atom. The monoisotopic (exact) mass is 272 g/mol. The highest BCUT2D eigenvalue weighted by Gasteiger charge is 2.25. The van der Waals surface area contributed by atoms with Crippen molar-refractivity contribution in [2.75, 3.05) is 0 Å². The molecule has 2 atom stereocenters. The normalized spacial score (nSPS) is 16.3. The Morgan fingerprint density at radius 2 is 1.80 bits per heavy atom. The summed E-state index contributed by atoms with van der Waals surface area (Å²) in [5.74, 6) is -1.12. The SMILES string of the molecule is O=C(O)CC(O)C(O)c1ccc2c3c(cccc13)CC2. The van der Waals surface area contributed by atoms with Crippen LogP contribution in [0.25, 0.3) is 10.8 Å². The maximum Gasteiger partial charge on any atom is 0.306 e. The number of hydrogen-bond acceptors (Lipinski definition) is 3. The Bertz CT molecular complexity index is 667. The van der Waals surface area contributed by atoms with Gasteiger partial charge in [0.15, 0.2) is 0 Å². The maximum atomic E-state index is 10.7. The number of aliphatic carboxylic acids is 1. The fraction of sp³-hybridized carbons (Fsp3) is 0.312. The highest BCUT2D eigenvalue weighted by molar-refractivity contribution is 5.93. The van der Waals surface area contributed by atoms with E-state index in [0.717, 1.165) is 23.6 Å². The van der Waals surface area contributed by atoms with E-state index in [0.29, 0.717) is 5.56 Å². The molecule has 2 unspecified atom stereocenters. The molecule has 0 aromatic heterocycles. The highest BCUT2D eigenvalue weighted by Crippen LogP contribution is 2.35. The standard InChI is InChI=1S/C16H16O4/c17-13(8-14(18)19)16(20)12-7-6-10-5-4-9-2-1-3-11(12)15(9)10/h1-3,6-7,13,16-17,20H,4-5,8H2,(H,18,19). The van der Waals surface area contributed by atoms with E-state index in [9.17, 15) is 15.0 Å². The van der Waals surface area contributed by atoms with Crippen LogP contribution in [0.3, 0.4) is 0 Å². The van der Waals surface area contributed by atoms with Crippen molar-refractivity contribution in [1.29, 1.82) is 0 Å². The Labute approximate surface area is 116 Å². The molecule has 0 radical (unpaired) electrons. The number of aliphatic hydroxyl groups is 2. The van der Waals surface area contributed by atoms with Gasteiger partial charge in [0.2, 0.25) is 0 Å². The smallest absolute Gasteiger partial charge is 0.306 e. The van der Waals surface area contributed by atoms with E-state index in [1.807, 2.05) is 18.2 Å². The van der Waals surface area contributed by atoms with Crippen molar-refractivity contribution in [3.8, 4) is 0 Å². The molecular weight excluding hydrogens is 256 g/mol. The molecule has 0 bridgehead atoms. The number of rotatable bonds is 4. The van der Waals surface area contributed by atoms with Crippen LogP contribution in [0.1, 0.15) is 29.2 Å². The second-order valence-electron chi connectivity index (χ2n) is 5.26. The van der Waals surface area contributed by atoms with Gasteiger partial charge >= 0.3 is 5.97 Å². The molecule has 0 spiro atoms. The third kappa shape index (κ3) is 2.07. The van der Waals surface area contributed by atoms with Crippen LogP contribution in [-0.2, 0) is 17.6 Å². The second kappa shape index (κ2) is 4.89. The van der Waals surface area contributed by atoms with Gasteiger partial charge < -0.3 is 15.3 Å². The van der Waals surface area contributed by atoms with Gasteiger partial charge in [-0.3, -0.25) is 4.79 Å². The van der Waals surface area contributed by atoms with Gasteiger partial charge in [-0.1, -0.05) is 30.3 Å². The number of aliphatic hydroxyl groups excluding tert-OH is 2. The lowest BCUT2D eigenvalue weighted by atomic mass is 9.94. The van der Waals surface area contributed by atoms with Crippen molar-refractivity contribution < 1.29 is 20.1 Å². The van der Waals surface area contributed by atoms with Gasteiger partial charge in [-0.15, -0.1) is 0 Å². The Balaban J connectivity index is 2.07. The van der Waals surface area contributed by atoms with Gasteiger partial charge in [0.1, 0.15) is 6.10 Å². The number of aryl methyl sites for hydroxylation is 2. The highest BCUT2D eigenvalue weighted by atomic mass is 16.4. The molecule has 2 aromatic rings. The van der Waals surface area contributed by atoms with E-state index in [-0.39, 0.29) is 0 Å². The summed E-state index contributed by atoms with van der Waals surface area (Å²) in [6, 6.07) is 9.68. The summed E-state index contributed by atoms with van der Waals surface area (Å²) in [6.07, 6.45) is -0.972. The van der Waals surface area contributed by atoms with E-state index >= 15 is 0 Å². The quantitative estimate of drug-likeness (QED) is 0.793. The average molecular weight is 272 g/mol. The van der Waals surface area contributed by atoms with Crippen LogP contribution in [0.4, 0.5) is 0 Å². The van der Waals surface area contributed by atoms with Crippen molar-refractivity contribution in [1.82, 2.24) is 0 Å². The predicted molar refractivity (Wildman–Crippen MR) is 74.6 cm³/mol. The molecular formula is C16H16O4. The topological polar surface area (TPSA) is 77.8 Å². The molecule has 1 aliphatic carbocycles. The van der Waals surface area contributed by atoms with Crippen LogP contribution in [0.5, 0.6) is 0 Å². The zero-order valence-corrected chi connectivity index (χ0v) is 10.9. The van der Waals surface area contributed by atoms with Crippen LogP contribution in [-0.4, -0.2) is 27.4 Å². The van der Waals surface area contributed by atoms with Crippen LogP contribution < -0.4 is 0 Å². The molecule has 3 rings (SSSR count). The fourth-order valence-electron chi connectivity index (χ4n) is 3.03. The molecule has 0 saturated heterocycles. The molecule has 20 heavy (non-hydrogen) atoms. The molecule has 1 aliphatic rings. The minimum atomic E-state index is -1.30. The molecule has 0 amide bonds. The Hall–Kier alpha value is -1.91. The first-order chi connectivity index (χ1) is 9.58. The van der Waals surface area contributed by atoms with Crippen molar-refractivity contribution in [2.24, 2.45) is 0 Å². The van der Waals surface area contributed by atoms with Crippen LogP contribution in [0.2, 0.25) is 0 Å². The van der Waals surface area contributed by atoms with Gasteiger partial charge in [0.05, 0.1) is 12.5 Å². The average Bonchev–Trinajstić information content (AvgIpc) is 2.83. The summed E-state index contributed by atoms with van der Waals surface area (Å²) in [6.45, 7) is 0. The van der Waals surface area contributed by atoms with E-state index < -0.39 is 24.6 Å². The summed E-state index contributed by atoms with van der Waals surface area (Å²) in [4.78, 5) is 10.7. The molecule has 0 saturated carbocycles. The molecule has 0 fully saturated rings. The predicted octanol–water partition coefficient (Wildman–Crippen LogP) is 1.81. The summed E-state index contributed by atoms with van der Waals surface area (Å²) in [5, 5.41) is 30.8. The van der Waals surface area contributed by atoms with Gasteiger partial charge in [0, 0.05) is 0 Å². The van der Waals surface area contributed by atoms with E-state index in [1.165, 1.54) is 11.1 Å². The summed E-state index contributed by atoms with van der Waals surface area (Å²) in [7, 11) is 0. The van der Waals surface area contributed by atoms with Gasteiger partial charge in [-0.05, 0) is 40.3 Å². The number of carboxylic acids is 1. The summed E-state index contributed by atoms with van der Waals surface area (Å²) < 4.78 is 0. The van der Waals surface area contributed by atoms with Crippen molar-refractivity contribution >= 4 is 16.7 Å².